The van der Waals surface area contributed by atoms with Crippen molar-refractivity contribution in [1.82, 2.24) is 4.98 Å². The van der Waals surface area contributed by atoms with E-state index in [-0.39, 0.29) is 18.0 Å². The first-order valence-electron chi connectivity index (χ1n) is 8.45. The number of rotatable bonds is 6. The maximum absolute atomic E-state index is 14.5. The Morgan fingerprint density at radius 2 is 2.15 bits per heavy atom. The zero-order valence-electron chi connectivity index (χ0n) is 14.0. The quantitative estimate of drug-likeness (QED) is 0.569. The molecule has 5 heteroatoms. The summed E-state index contributed by atoms with van der Waals surface area (Å²) in [4.78, 5) is 16.9. The molecule has 1 aliphatic rings. The highest BCUT2D eigenvalue weighted by Gasteiger charge is 2.24. The first-order chi connectivity index (χ1) is 12.6. The third kappa shape index (κ3) is 3.61. The molecule has 3 nitrogen and oxygen atoms in total. The second kappa shape index (κ2) is 6.89. The molecule has 1 aliphatic carbocycles. The van der Waals surface area contributed by atoms with E-state index >= 15 is 0 Å². The van der Waals surface area contributed by atoms with Crippen molar-refractivity contribution in [3.05, 3.63) is 52.8 Å². The van der Waals surface area contributed by atoms with Crippen molar-refractivity contribution >= 4 is 27.3 Å². The van der Waals surface area contributed by atoms with Gasteiger partial charge in [0.25, 0.3) is 0 Å². The Balaban J connectivity index is 1.54. The summed E-state index contributed by atoms with van der Waals surface area (Å²) < 4.78 is 21.0. The van der Waals surface area contributed by atoms with Crippen LogP contribution in [0.4, 0.5) is 4.39 Å². The van der Waals surface area contributed by atoms with Gasteiger partial charge < -0.3 is 4.74 Å². The van der Waals surface area contributed by atoms with E-state index in [0.717, 1.165) is 27.9 Å². The molecule has 1 saturated carbocycles. The molecule has 0 N–H and O–H groups in total. The summed E-state index contributed by atoms with van der Waals surface area (Å²) in [6, 6.07) is 8.17. The van der Waals surface area contributed by atoms with Crippen molar-refractivity contribution in [1.29, 1.82) is 0 Å². The molecule has 0 saturated heterocycles. The number of hydrogen-bond acceptors (Lipinski definition) is 4. The van der Waals surface area contributed by atoms with Crippen molar-refractivity contribution in [2.75, 3.05) is 0 Å². The second-order valence-electron chi connectivity index (χ2n) is 6.51. The molecule has 1 aromatic carbocycles. The molecule has 4 rings (SSSR count). The van der Waals surface area contributed by atoms with E-state index < -0.39 is 5.82 Å². The number of carbonyl (C=O) groups is 1. The van der Waals surface area contributed by atoms with Crippen molar-refractivity contribution < 1.29 is 13.9 Å². The van der Waals surface area contributed by atoms with E-state index in [0.29, 0.717) is 23.7 Å². The van der Waals surface area contributed by atoms with Gasteiger partial charge in [0.2, 0.25) is 0 Å². The van der Waals surface area contributed by atoms with E-state index in [1.54, 1.807) is 30.5 Å². The fourth-order valence-electron chi connectivity index (χ4n) is 2.87. The lowest BCUT2D eigenvalue weighted by molar-refractivity contribution is -0.118. The lowest BCUT2D eigenvalue weighted by atomic mass is 10.0. The highest BCUT2D eigenvalue weighted by atomic mass is 32.1. The van der Waals surface area contributed by atoms with Crippen LogP contribution >= 0.6 is 11.3 Å². The van der Waals surface area contributed by atoms with Gasteiger partial charge in [-0.05, 0) is 42.5 Å². The maximum atomic E-state index is 14.5. The van der Waals surface area contributed by atoms with Gasteiger partial charge >= 0.3 is 0 Å². The molecule has 0 bridgehead atoms. The van der Waals surface area contributed by atoms with E-state index in [1.807, 2.05) is 0 Å². The van der Waals surface area contributed by atoms with Gasteiger partial charge in [-0.15, -0.1) is 17.8 Å². The lowest BCUT2D eigenvalue weighted by Crippen LogP contribution is -2.04. The fourth-order valence-corrected chi connectivity index (χ4v) is 3.74. The summed E-state index contributed by atoms with van der Waals surface area (Å²) >= 11 is 1.38. The molecule has 130 valence electrons. The van der Waals surface area contributed by atoms with E-state index in [1.165, 1.54) is 17.4 Å². The Hall–Kier alpha value is -2.71. The maximum Gasteiger partial charge on any atom is 0.166 e. The molecular formula is C21H16FNO2S. The Morgan fingerprint density at radius 1 is 1.31 bits per heavy atom. The molecule has 0 amide bonds. The van der Waals surface area contributed by atoms with Crippen LogP contribution in [0.3, 0.4) is 0 Å². The molecule has 0 aliphatic heterocycles. The summed E-state index contributed by atoms with van der Waals surface area (Å²) in [7, 11) is 0. The van der Waals surface area contributed by atoms with Crippen LogP contribution in [0.2, 0.25) is 0 Å². The predicted molar refractivity (Wildman–Crippen MR) is 100 cm³/mol. The number of nitrogens with zero attached hydrogens (tertiary/aromatic N) is 1. The number of ether oxygens (including phenoxy) is 1. The Labute approximate surface area is 154 Å². The summed E-state index contributed by atoms with van der Waals surface area (Å²) in [6.07, 6.45) is 10.2. The number of terminal acetylenes is 1. The largest absolute Gasteiger partial charge is 0.453 e. The Bertz CT molecular complexity index is 1030. The number of pyridine rings is 1. The van der Waals surface area contributed by atoms with Gasteiger partial charge in [-0.2, -0.15) is 0 Å². The molecule has 0 atom stereocenters. The number of Topliss-reactive ketones (excluding diaryl/α,β-unsaturated/α-hetero) is 1. The van der Waals surface area contributed by atoms with Crippen LogP contribution < -0.4 is 4.74 Å². The van der Waals surface area contributed by atoms with Gasteiger partial charge in [0, 0.05) is 25.1 Å². The zero-order valence-corrected chi connectivity index (χ0v) is 14.8. The summed E-state index contributed by atoms with van der Waals surface area (Å²) in [5, 5.41) is 0. The fraction of sp³-hybridized carbons (Fsp3) is 0.238. The van der Waals surface area contributed by atoms with Gasteiger partial charge in [0.1, 0.15) is 11.5 Å². The van der Waals surface area contributed by atoms with E-state index in [9.17, 15) is 9.18 Å². The number of benzene rings is 1. The number of hydrogen-bond donors (Lipinski definition) is 0. The number of ketones is 1. The number of aromatic nitrogens is 1. The summed E-state index contributed by atoms with van der Waals surface area (Å²) in [6.45, 7) is 0. The second-order valence-corrected chi connectivity index (χ2v) is 7.56. The highest BCUT2D eigenvalue weighted by molar-refractivity contribution is 7.19. The third-order valence-corrected chi connectivity index (χ3v) is 5.42. The molecule has 0 radical (unpaired) electrons. The van der Waals surface area contributed by atoms with Gasteiger partial charge in [0.05, 0.1) is 15.1 Å². The third-order valence-electron chi connectivity index (χ3n) is 4.35. The molecule has 2 aromatic heterocycles. The number of halogens is 1. The van der Waals surface area contributed by atoms with Crippen LogP contribution in [0.15, 0.2) is 36.5 Å². The van der Waals surface area contributed by atoms with Crippen molar-refractivity contribution in [3.8, 4) is 23.8 Å². The Kier molecular flexibility index (Phi) is 4.44. The van der Waals surface area contributed by atoms with Gasteiger partial charge in [-0.1, -0.05) is 12.0 Å². The zero-order chi connectivity index (χ0) is 18.1. The number of carbonyl (C=O) groups excluding carboxylic acids is 1. The molecular weight excluding hydrogens is 349 g/mol. The van der Waals surface area contributed by atoms with Crippen LogP contribution in [0.1, 0.15) is 29.7 Å². The Morgan fingerprint density at radius 3 is 2.88 bits per heavy atom. The molecule has 26 heavy (non-hydrogen) atoms. The monoisotopic (exact) mass is 365 g/mol. The SMILES string of the molecule is C#Cc1cc2nccc(Oc3ccc(CC(=O)CC4CC4)cc3F)c2s1. The lowest BCUT2D eigenvalue weighted by Gasteiger charge is -2.09. The topological polar surface area (TPSA) is 39.2 Å². The summed E-state index contributed by atoms with van der Waals surface area (Å²) in [5.41, 5.74) is 1.40. The minimum Gasteiger partial charge on any atom is -0.453 e. The minimum absolute atomic E-state index is 0.117. The molecule has 2 heterocycles. The first kappa shape index (κ1) is 16.7. The van der Waals surface area contributed by atoms with E-state index in [2.05, 4.69) is 10.9 Å². The van der Waals surface area contributed by atoms with Gasteiger partial charge in [-0.25, -0.2) is 4.39 Å². The summed E-state index contributed by atoms with van der Waals surface area (Å²) in [5.74, 6) is 3.43. The number of fused-ring (bicyclic) bond motifs is 1. The van der Waals surface area contributed by atoms with Crippen molar-refractivity contribution in [2.24, 2.45) is 5.92 Å². The first-order valence-corrected chi connectivity index (χ1v) is 9.27. The molecule has 3 aromatic rings. The van der Waals surface area contributed by atoms with Gasteiger partial charge in [-0.3, -0.25) is 9.78 Å². The van der Waals surface area contributed by atoms with Crippen LogP contribution in [-0.4, -0.2) is 10.8 Å². The molecule has 0 unspecified atom stereocenters. The van der Waals surface area contributed by atoms with E-state index in [4.69, 9.17) is 11.2 Å². The smallest absolute Gasteiger partial charge is 0.166 e. The standard InChI is InChI=1S/C21H16FNO2S/c1-2-16-12-18-21(26-16)20(7-8-23-18)25-19-6-5-14(11-17(19)22)10-15(24)9-13-3-4-13/h1,5-8,11-13H,3-4,9-10H2. The van der Waals surface area contributed by atoms with Crippen LogP contribution in [0.5, 0.6) is 11.5 Å². The average Bonchev–Trinajstić information content (AvgIpc) is 3.32. The van der Waals surface area contributed by atoms with Gasteiger partial charge in [0.15, 0.2) is 11.6 Å². The normalized spacial score (nSPS) is 13.5. The number of thiophene rings is 1. The van der Waals surface area contributed by atoms with Crippen molar-refractivity contribution in [2.45, 2.75) is 25.7 Å². The van der Waals surface area contributed by atoms with Crippen molar-refractivity contribution in [3.63, 3.8) is 0 Å². The predicted octanol–water partition coefficient (Wildman–Crippen LogP) is 5.12. The molecule has 1 fully saturated rings. The van der Waals surface area contributed by atoms with Crippen LogP contribution in [0.25, 0.3) is 10.2 Å². The average molecular weight is 365 g/mol. The highest BCUT2D eigenvalue weighted by Crippen LogP contribution is 2.36. The minimum atomic E-state index is -0.486. The van der Waals surface area contributed by atoms with Crippen LogP contribution in [0, 0.1) is 24.1 Å². The molecule has 0 spiro atoms. The van der Waals surface area contributed by atoms with Crippen LogP contribution in [-0.2, 0) is 11.2 Å².